The van der Waals surface area contributed by atoms with Crippen LogP contribution in [0.5, 0.6) is 0 Å². The molecule has 9 nitrogen and oxygen atoms in total. The molecule has 0 saturated heterocycles. The molecular formula is C14H30Na2O9P2. The summed E-state index contributed by atoms with van der Waals surface area (Å²) in [7, 11) is -9.47. The van der Waals surface area contributed by atoms with E-state index in [9.17, 15) is 18.9 Å². The molecule has 0 aliphatic heterocycles. The van der Waals surface area contributed by atoms with E-state index in [0.717, 1.165) is 6.42 Å². The molecule has 0 atom stereocenters. The second kappa shape index (κ2) is 15.1. The molecule has 0 bridgehead atoms. The van der Waals surface area contributed by atoms with Gasteiger partial charge in [0.2, 0.25) is 0 Å². The molecule has 27 heavy (non-hydrogen) atoms. The van der Waals surface area contributed by atoms with E-state index in [1.807, 2.05) is 0 Å². The van der Waals surface area contributed by atoms with E-state index >= 15 is 0 Å². The summed E-state index contributed by atoms with van der Waals surface area (Å²) in [5.74, 6) is 0. The van der Waals surface area contributed by atoms with Crippen LogP contribution in [0.2, 0.25) is 0 Å². The van der Waals surface area contributed by atoms with Crippen LogP contribution < -0.4 is 68.9 Å². The van der Waals surface area contributed by atoms with Gasteiger partial charge in [0.15, 0.2) is 0 Å². The Labute approximate surface area is 206 Å². The average Bonchev–Trinajstić information content (AvgIpc) is 2.30. The van der Waals surface area contributed by atoms with Crippen molar-refractivity contribution in [3.05, 3.63) is 0 Å². The van der Waals surface area contributed by atoms with Gasteiger partial charge in [-0.05, 0) is 66.2 Å². The van der Waals surface area contributed by atoms with E-state index in [1.54, 1.807) is 27.7 Å². The van der Waals surface area contributed by atoms with E-state index < -0.39 is 26.8 Å². The number of unbranched alkanes of at least 4 members (excludes halogenated alkanes) is 2. The van der Waals surface area contributed by atoms with Crippen molar-refractivity contribution in [2.24, 2.45) is 0 Å². The third-order valence-electron chi connectivity index (χ3n) is 3.36. The van der Waals surface area contributed by atoms with Gasteiger partial charge in [0, 0.05) is 13.2 Å². The van der Waals surface area contributed by atoms with Crippen molar-refractivity contribution in [2.75, 3.05) is 13.2 Å². The zero-order chi connectivity index (χ0) is 19.8. The van der Waals surface area contributed by atoms with Crippen molar-refractivity contribution < 1.29 is 102 Å². The standard InChI is InChI=1S/C14H32O9P2.2Na/c1-13(2,22-24(15,16)17)9-5-7-11-21-12-8-6-10-14(3,4)23-25(18,19)20;;/h5-12H2,1-4H3,(H2,15,16,17)(H2,18,19,20);;/q;2*+1/p-2. The van der Waals surface area contributed by atoms with Crippen molar-refractivity contribution >= 4 is 15.6 Å². The largest absolute Gasteiger partial charge is 1.00 e. The Morgan fingerprint density at radius 2 is 1.15 bits per heavy atom. The van der Waals surface area contributed by atoms with Crippen LogP contribution in [0, 0.1) is 0 Å². The molecule has 0 saturated carbocycles. The summed E-state index contributed by atoms with van der Waals surface area (Å²) in [6.07, 6.45) is 3.74. The van der Waals surface area contributed by atoms with Gasteiger partial charge < -0.3 is 33.4 Å². The van der Waals surface area contributed by atoms with Crippen LogP contribution in [0.1, 0.15) is 66.2 Å². The number of rotatable bonds is 14. The number of hydrogen-bond donors (Lipinski definition) is 2. The smallest absolute Gasteiger partial charge is 0.790 e. The Kier molecular flexibility index (Phi) is 18.9. The molecule has 0 amide bonds. The number of hydrogen-bond acceptors (Lipinski definition) is 7. The summed E-state index contributed by atoms with van der Waals surface area (Å²) in [6, 6.07) is 0. The first kappa shape index (κ1) is 33.8. The number of ether oxygens (including phenoxy) is 1. The van der Waals surface area contributed by atoms with Gasteiger partial charge in [-0.15, -0.1) is 0 Å². The van der Waals surface area contributed by atoms with Crippen molar-refractivity contribution in [3.63, 3.8) is 0 Å². The maximum absolute atomic E-state index is 10.8. The molecule has 0 spiro atoms. The van der Waals surface area contributed by atoms with Crippen LogP contribution in [0.25, 0.3) is 0 Å². The Balaban J connectivity index is -0.00000288. The molecule has 0 aliphatic rings. The first-order chi connectivity index (χ1) is 11.1. The summed E-state index contributed by atoms with van der Waals surface area (Å²) in [5, 5.41) is 0. The van der Waals surface area contributed by atoms with Crippen molar-refractivity contribution in [1.29, 1.82) is 0 Å². The molecule has 0 radical (unpaired) electrons. The predicted molar refractivity (Wildman–Crippen MR) is 88.5 cm³/mol. The minimum atomic E-state index is -4.98. The fraction of sp³-hybridized carbons (Fsp3) is 1.00. The Morgan fingerprint density at radius 1 is 0.778 bits per heavy atom. The summed E-state index contributed by atoms with van der Waals surface area (Å²) < 4.78 is 36.1. The summed E-state index contributed by atoms with van der Waals surface area (Å²) in [5.41, 5.74) is -1.91. The maximum Gasteiger partial charge on any atom is 1.00 e. The maximum atomic E-state index is 10.8. The zero-order valence-corrected chi connectivity index (χ0v) is 23.1. The molecule has 0 aliphatic carbocycles. The monoisotopic (exact) mass is 450 g/mol. The molecular weight excluding hydrogens is 420 g/mol. The number of phosphoric ester groups is 2. The molecule has 152 valence electrons. The van der Waals surface area contributed by atoms with Crippen molar-refractivity contribution in [3.8, 4) is 0 Å². The Bertz CT molecular complexity index is 435. The minimum absolute atomic E-state index is 0. The third-order valence-corrected chi connectivity index (χ3v) is 4.81. The van der Waals surface area contributed by atoms with Crippen LogP contribution >= 0.6 is 15.6 Å². The van der Waals surface area contributed by atoms with E-state index in [1.165, 1.54) is 0 Å². The molecule has 0 unspecified atom stereocenters. The van der Waals surface area contributed by atoms with E-state index in [4.69, 9.17) is 19.0 Å². The van der Waals surface area contributed by atoms with Gasteiger partial charge in [-0.25, -0.2) is 4.57 Å². The predicted octanol–water partition coefficient (Wildman–Crippen LogP) is -4.14. The Hall–Kier alpha value is 2.18. The normalized spacial score (nSPS) is 13.0. The molecule has 0 aromatic heterocycles. The van der Waals surface area contributed by atoms with Gasteiger partial charge in [0.25, 0.3) is 0 Å². The van der Waals surface area contributed by atoms with Crippen molar-refractivity contribution in [2.45, 2.75) is 77.4 Å². The second-order valence-corrected chi connectivity index (χ2v) is 9.41. The van der Waals surface area contributed by atoms with Crippen LogP contribution in [-0.2, 0) is 22.9 Å². The minimum Gasteiger partial charge on any atom is -0.790 e. The summed E-state index contributed by atoms with van der Waals surface area (Å²) >= 11 is 0. The fourth-order valence-corrected chi connectivity index (χ4v) is 3.76. The van der Waals surface area contributed by atoms with Crippen LogP contribution in [0.3, 0.4) is 0 Å². The number of phosphoric acid groups is 2. The summed E-state index contributed by atoms with van der Waals surface area (Å²) in [6.45, 7) is 7.38. The molecule has 0 aromatic rings. The van der Waals surface area contributed by atoms with Crippen LogP contribution in [0.15, 0.2) is 0 Å². The topological polar surface area (TPSA) is 148 Å². The SMILES string of the molecule is CC(C)(CCCCOCCCCC(C)(C)OP(=O)(O)O)OP(=O)([O-])[O-].[Na+].[Na+]. The Morgan fingerprint density at radius 3 is 1.48 bits per heavy atom. The fourth-order valence-electron chi connectivity index (χ4n) is 2.33. The molecule has 0 heterocycles. The van der Waals surface area contributed by atoms with Gasteiger partial charge in [-0.3, -0.25) is 4.52 Å². The molecule has 0 aromatic carbocycles. The van der Waals surface area contributed by atoms with Crippen LogP contribution in [-0.4, -0.2) is 34.2 Å². The van der Waals surface area contributed by atoms with Crippen LogP contribution in [0.4, 0.5) is 0 Å². The van der Waals surface area contributed by atoms with E-state index in [-0.39, 0.29) is 59.1 Å². The van der Waals surface area contributed by atoms with E-state index in [0.29, 0.717) is 45.3 Å². The zero-order valence-electron chi connectivity index (χ0n) is 17.3. The molecule has 0 fully saturated rings. The average molecular weight is 450 g/mol. The molecule has 2 N–H and O–H groups in total. The van der Waals surface area contributed by atoms with E-state index in [2.05, 4.69) is 4.52 Å². The van der Waals surface area contributed by atoms with Gasteiger partial charge in [-0.2, -0.15) is 0 Å². The molecule has 13 heteroatoms. The second-order valence-electron chi connectivity index (χ2n) is 7.17. The third kappa shape index (κ3) is 24.3. The van der Waals surface area contributed by atoms with Gasteiger partial charge in [-0.1, -0.05) is 0 Å². The van der Waals surface area contributed by atoms with Gasteiger partial charge in [0.1, 0.15) is 0 Å². The summed E-state index contributed by atoms with van der Waals surface area (Å²) in [4.78, 5) is 38.8. The quantitative estimate of drug-likeness (QED) is 0.153. The van der Waals surface area contributed by atoms with Crippen molar-refractivity contribution in [1.82, 2.24) is 0 Å². The van der Waals surface area contributed by atoms with Gasteiger partial charge >= 0.3 is 66.9 Å². The van der Waals surface area contributed by atoms with Gasteiger partial charge in [0.05, 0.1) is 19.0 Å². The first-order valence-electron chi connectivity index (χ1n) is 8.19. The first-order valence-corrected chi connectivity index (χ1v) is 11.2. The molecule has 0 rings (SSSR count).